The Kier molecular flexibility index (Phi) is 5.28. The molecule has 2 nitrogen and oxygen atoms in total. The van der Waals surface area contributed by atoms with E-state index in [0.29, 0.717) is 12.1 Å². The molecule has 2 rings (SSSR count). The number of hydrogen-bond donors (Lipinski definition) is 1. The van der Waals surface area contributed by atoms with Gasteiger partial charge < -0.3 is 10.1 Å². The quantitative estimate of drug-likeness (QED) is 0.867. The first-order chi connectivity index (χ1) is 9.10. The van der Waals surface area contributed by atoms with Crippen molar-refractivity contribution in [1.82, 2.24) is 5.32 Å². The summed E-state index contributed by atoms with van der Waals surface area (Å²) in [6.45, 7) is 4.50. The maximum absolute atomic E-state index is 6.25. The third-order valence-electron chi connectivity index (χ3n) is 4.13. The molecule has 1 fully saturated rings. The van der Waals surface area contributed by atoms with Crippen molar-refractivity contribution in [3.63, 3.8) is 0 Å². The topological polar surface area (TPSA) is 21.3 Å². The summed E-state index contributed by atoms with van der Waals surface area (Å²) < 4.78 is 7.36. The first-order valence-corrected chi connectivity index (χ1v) is 8.02. The molecule has 1 aromatic rings. The second-order valence-electron chi connectivity index (χ2n) is 5.69. The summed E-state index contributed by atoms with van der Waals surface area (Å²) in [6.07, 6.45) is 5.34. The Hall–Kier alpha value is -0.540. The van der Waals surface area contributed by atoms with Crippen LogP contribution < -0.4 is 10.1 Å². The van der Waals surface area contributed by atoms with E-state index in [2.05, 4.69) is 53.3 Å². The number of nitrogens with one attached hydrogen (secondary N) is 1. The van der Waals surface area contributed by atoms with Crippen LogP contribution in [0.2, 0.25) is 0 Å². The van der Waals surface area contributed by atoms with Crippen molar-refractivity contribution in [2.75, 3.05) is 7.05 Å². The maximum atomic E-state index is 6.25. The number of rotatable bonds is 4. The maximum Gasteiger partial charge on any atom is 0.124 e. The van der Waals surface area contributed by atoms with Crippen LogP contribution in [0.25, 0.3) is 0 Å². The molecule has 0 spiro atoms. The molecule has 0 heterocycles. The summed E-state index contributed by atoms with van der Waals surface area (Å²) in [5.41, 5.74) is 1.23. The fourth-order valence-electron chi connectivity index (χ4n) is 2.65. The van der Waals surface area contributed by atoms with E-state index in [1.807, 2.05) is 7.05 Å². The fourth-order valence-corrected chi connectivity index (χ4v) is 3.03. The van der Waals surface area contributed by atoms with Crippen LogP contribution in [-0.2, 0) is 0 Å². The smallest absolute Gasteiger partial charge is 0.124 e. The molecule has 1 atom stereocenters. The summed E-state index contributed by atoms with van der Waals surface area (Å²) >= 11 is 3.54. The van der Waals surface area contributed by atoms with Crippen LogP contribution in [0, 0.1) is 5.92 Å². The Morgan fingerprint density at radius 1 is 1.26 bits per heavy atom. The van der Waals surface area contributed by atoms with Gasteiger partial charge in [-0.3, -0.25) is 0 Å². The van der Waals surface area contributed by atoms with Gasteiger partial charge in [0.05, 0.1) is 6.10 Å². The van der Waals surface area contributed by atoms with Crippen molar-refractivity contribution in [1.29, 1.82) is 0 Å². The normalized spacial score (nSPS) is 25.1. The Labute approximate surface area is 125 Å². The fraction of sp³-hybridized carbons (Fsp3) is 0.625. The highest BCUT2D eigenvalue weighted by Crippen LogP contribution is 2.32. The number of benzene rings is 1. The van der Waals surface area contributed by atoms with Crippen molar-refractivity contribution in [3.05, 3.63) is 28.2 Å². The van der Waals surface area contributed by atoms with Gasteiger partial charge in [-0.15, -0.1) is 0 Å². The molecule has 106 valence electrons. The summed E-state index contributed by atoms with van der Waals surface area (Å²) in [4.78, 5) is 0. The number of halogens is 1. The van der Waals surface area contributed by atoms with Gasteiger partial charge in [-0.05, 0) is 63.8 Å². The van der Waals surface area contributed by atoms with Gasteiger partial charge in [0.1, 0.15) is 5.75 Å². The van der Waals surface area contributed by atoms with Gasteiger partial charge in [0.15, 0.2) is 0 Å². The molecule has 0 aromatic heterocycles. The second-order valence-corrected chi connectivity index (χ2v) is 6.61. The molecule has 1 saturated carbocycles. The van der Waals surface area contributed by atoms with E-state index in [9.17, 15) is 0 Å². The van der Waals surface area contributed by atoms with Gasteiger partial charge in [-0.1, -0.05) is 22.9 Å². The highest BCUT2D eigenvalue weighted by atomic mass is 79.9. The lowest BCUT2D eigenvalue weighted by Gasteiger charge is -2.28. The van der Waals surface area contributed by atoms with Crippen molar-refractivity contribution >= 4 is 15.9 Å². The van der Waals surface area contributed by atoms with Crippen LogP contribution in [0.5, 0.6) is 5.75 Å². The average molecular weight is 326 g/mol. The molecule has 0 saturated heterocycles. The highest BCUT2D eigenvalue weighted by Gasteiger charge is 2.21. The summed E-state index contributed by atoms with van der Waals surface area (Å²) in [5.74, 6) is 1.89. The zero-order valence-corrected chi connectivity index (χ0v) is 13.7. The number of ether oxygens (including phenoxy) is 1. The van der Waals surface area contributed by atoms with Crippen molar-refractivity contribution in [3.8, 4) is 5.75 Å². The van der Waals surface area contributed by atoms with Gasteiger partial charge in [0.2, 0.25) is 0 Å². The van der Waals surface area contributed by atoms with Gasteiger partial charge in [-0.25, -0.2) is 0 Å². The number of hydrogen-bond acceptors (Lipinski definition) is 2. The lowest BCUT2D eigenvalue weighted by Crippen LogP contribution is -2.24. The SMILES string of the molecule is CNC(C)c1cc(Br)ccc1OC1CCC(C)CC1. The molecular weight excluding hydrogens is 302 g/mol. The lowest BCUT2D eigenvalue weighted by molar-refractivity contribution is 0.133. The van der Waals surface area contributed by atoms with Crippen molar-refractivity contribution < 1.29 is 4.74 Å². The molecule has 1 aliphatic carbocycles. The van der Waals surface area contributed by atoms with Crippen LogP contribution in [-0.4, -0.2) is 13.2 Å². The standard InChI is InChI=1S/C16H24BrNO/c1-11-4-7-14(8-5-11)19-16-9-6-13(17)10-15(16)12(2)18-3/h6,9-12,14,18H,4-5,7-8H2,1-3H3. The predicted molar refractivity (Wildman–Crippen MR) is 83.7 cm³/mol. The van der Waals surface area contributed by atoms with Gasteiger partial charge in [-0.2, -0.15) is 0 Å². The first kappa shape index (κ1) is 14.9. The Morgan fingerprint density at radius 2 is 1.95 bits per heavy atom. The Bertz CT molecular complexity index is 413. The Morgan fingerprint density at radius 3 is 2.58 bits per heavy atom. The van der Waals surface area contributed by atoms with Crippen molar-refractivity contribution in [2.24, 2.45) is 5.92 Å². The van der Waals surface area contributed by atoms with Crippen LogP contribution in [0.3, 0.4) is 0 Å². The molecule has 1 unspecified atom stereocenters. The Balaban J connectivity index is 2.11. The van der Waals surface area contributed by atoms with Gasteiger partial charge in [0, 0.05) is 16.1 Å². The van der Waals surface area contributed by atoms with Crippen LogP contribution >= 0.6 is 15.9 Å². The molecule has 0 bridgehead atoms. The molecule has 1 aliphatic rings. The van der Waals surface area contributed by atoms with Crippen molar-refractivity contribution in [2.45, 2.75) is 51.7 Å². The van der Waals surface area contributed by atoms with Crippen LogP contribution in [0.1, 0.15) is 51.1 Å². The molecule has 1 N–H and O–H groups in total. The molecule has 0 amide bonds. The van der Waals surface area contributed by atoms with Crippen LogP contribution in [0.4, 0.5) is 0 Å². The van der Waals surface area contributed by atoms with E-state index < -0.39 is 0 Å². The molecular formula is C16H24BrNO. The molecule has 3 heteroatoms. The predicted octanol–water partition coefficient (Wildman–Crippen LogP) is 4.69. The van der Waals surface area contributed by atoms with E-state index in [0.717, 1.165) is 16.1 Å². The minimum Gasteiger partial charge on any atom is -0.490 e. The largest absolute Gasteiger partial charge is 0.490 e. The van der Waals surface area contributed by atoms with E-state index in [-0.39, 0.29) is 0 Å². The van der Waals surface area contributed by atoms with E-state index >= 15 is 0 Å². The minimum absolute atomic E-state index is 0.301. The van der Waals surface area contributed by atoms with Gasteiger partial charge >= 0.3 is 0 Å². The van der Waals surface area contributed by atoms with E-state index in [1.54, 1.807) is 0 Å². The zero-order chi connectivity index (χ0) is 13.8. The lowest BCUT2D eigenvalue weighted by atomic mass is 9.89. The summed E-state index contributed by atoms with van der Waals surface area (Å²) in [5, 5.41) is 3.29. The molecule has 0 aliphatic heterocycles. The van der Waals surface area contributed by atoms with E-state index in [4.69, 9.17) is 4.74 Å². The summed E-state index contributed by atoms with van der Waals surface area (Å²) in [7, 11) is 1.98. The molecule has 0 radical (unpaired) electrons. The third-order valence-corrected chi connectivity index (χ3v) is 4.62. The van der Waals surface area contributed by atoms with Gasteiger partial charge in [0.25, 0.3) is 0 Å². The first-order valence-electron chi connectivity index (χ1n) is 7.23. The third kappa shape index (κ3) is 3.96. The molecule has 19 heavy (non-hydrogen) atoms. The van der Waals surface area contributed by atoms with Crippen LogP contribution in [0.15, 0.2) is 22.7 Å². The monoisotopic (exact) mass is 325 g/mol. The second kappa shape index (κ2) is 6.76. The molecule has 1 aromatic carbocycles. The minimum atomic E-state index is 0.301. The zero-order valence-electron chi connectivity index (χ0n) is 12.1. The summed E-state index contributed by atoms with van der Waals surface area (Å²) in [6, 6.07) is 6.61. The highest BCUT2D eigenvalue weighted by molar-refractivity contribution is 9.10. The average Bonchev–Trinajstić information content (AvgIpc) is 2.42. The van der Waals surface area contributed by atoms with E-state index in [1.165, 1.54) is 31.2 Å².